The molecule has 0 saturated carbocycles. The molecular formula is C7H5NaO3S. The zero-order valence-corrected chi connectivity index (χ0v) is 9.34. The van der Waals surface area contributed by atoms with Crippen LogP contribution in [0.25, 0.3) is 0 Å². The van der Waals surface area contributed by atoms with Crippen molar-refractivity contribution < 1.29 is 44.2 Å². The summed E-state index contributed by atoms with van der Waals surface area (Å²) in [6.07, 6.45) is -0.976. The van der Waals surface area contributed by atoms with Crippen LogP contribution < -0.4 is 34.7 Å². The maximum Gasteiger partial charge on any atom is 1.00 e. The average molecular weight is 192 g/mol. The van der Waals surface area contributed by atoms with Gasteiger partial charge in [-0.1, -0.05) is 0 Å². The van der Waals surface area contributed by atoms with E-state index in [9.17, 15) is 9.90 Å². The molecule has 1 aromatic heterocycles. The summed E-state index contributed by atoms with van der Waals surface area (Å²) in [5.74, 6) is -1.12. The Morgan fingerprint density at radius 2 is 2.42 bits per heavy atom. The second-order valence-electron chi connectivity index (χ2n) is 2.35. The third-order valence-electron chi connectivity index (χ3n) is 1.60. The fourth-order valence-electron chi connectivity index (χ4n) is 0.982. The Morgan fingerprint density at radius 1 is 1.67 bits per heavy atom. The Morgan fingerprint density at radius 3 is 2.83 bits per heavy atom. The molecule has 0 amide bonds. The Hall–Kier alpha value is 0.130. The molecule has 1 saturated heterocycles. The molecule has 58 valence electrons. The average Bonchev–Trinajstić information content (AvgIpc) is 2.60. The van der Waals surface area contributed by atoms with Crippen molar-refractivity contribution >= 4 is 17.3 Å². The number of hydrogen-bond acceptors (Lipinski definition) is 4. The van der Waals surface area contributed by atoms with E-state index in [2.05, 4.69) is 0 Å². The van der Waals surface area contributed by atoms with Gasteiger partial charge in [0, 0.05) is 0 Å². The number of aliphatic carboxylic acids is 1. The van der Waals surface area contributed by atoms with Gasteiger partial charge >= 0.3 is 29.6 Å². The molecule has 0 bridgehead atoms. The molecule has 0 aliphatic carbocycles. The Labute approximate surface area is 95.6 Å². The van der Waals surface area contributed by atoms with Crippen LogP contribution in [0.15, 0.2) is 16.8 Å². The molecule has 1 aliphatic rings. The number of carboxylic acid groups (broad SMARTS) is 1. The van der Waals surface area contributed by atoms with Crippen LogP contribution in [-0.2, 0) is 9.53 Å². The van der Waals surface area contributed by atoms with Crippen LogP contribution in [-0.4, -0.2) is 12.1 Å². The van der Waals surface area contributed by atoms with Crippen molar-refractivity contribution in [1.29, 1.82) is 0 Å². The van der Waals surface area contributed by atoms with Gasteiger partial charge in [-0.05, 0) is 22.4 Å². The number of rotatable bonds is 2. The molecule has 12 heavy (non-hydrogen) atoms. The van der Waals surface area contributed by atoms with E-state index in [1.165, 1.54) is 11.3 Å². The van der Waals surface area contributed by atoms with E-state index in [0.717, 1.165) is 5.56 Å². The molecule has 0 radical (unpaired) electrons. The van der Waals surface area contributed by atoms with E-state index >= 15 is 0 Å². The van der Waals surface area contributed by atoms with Crippen LogP contribution in [0.3, 0.4) is 0 Å². The smallest absolute Gasteiger partial charge is 0.547 e. The molecule has 0 N–H and O–H groups in total. The molecule has 2 heterocycles. The van der Waals surface area contributed by atoms with Gasteiger partial charge in [0.15, 0.2) is 0 Å². The fraction of sp³-hybridized carbons (Fsp3) is 0.286. The van der Waals surface area contributed by atoms with Gasteiger partial charge in [-0.15, -0.1) is 0 Å². The Kier molecular flexibility index (Phi) is 3.31. The maximum atomic E-state index is 10.2. The minimum atomic E-state index is -1.12. The number of carbonyl (C=O) groups excluding carboxylic acids is 1. The number of carboxylic acids is 1. The molecule has 5 heteroatoms. The number of carbonyl (C=O) groups is 1. The molecule has 3 nitrogen and oxygen atoms in total. The zero-order valence-electron chi connectivity index (χ0n) is 6.52. The molecule has 0 unspecified atom stereocenters. The van der Waals surface area contributed by atoms with Gasteiger partial charge in [-0.3, -0.25) is 0 Å². The van der Waals surface area contributed by atoms with Gasteiger partial charge in [0.1, 0.15) is 12.2 Å². The van der Waals surface area contributed by atoms with Crippen molar-refractivity contribution in [3.63, 3.8) is 0 Å². The first kappa shape index (κ1) is 10.2. The monoisotopic (exact) mass is 192 g/mol. The Balaban J connectivity index is 0.000000720. The second-order valence-corrected chi connectivity index (χ2v) is 3.13. The van der Waals surface area contributed by atoms with E-state index in [4.69, 9.17) is 4.74 Å². The topological polar surface area (TPSA) is 52.7 Å². The summed E-state index contributed by atoms with van der Waals surface area (Å²) in [4.78, 5) is 10.2. The molecule has 1 fully saturated rings. The third-order valence-corrected chi connectivity index (χ3v) is 2.30. The normalized spacial score (nSPS) is 26.0. The van der Waals surface area contributed by atoms with Crippen molar-refractivity contribution in [1.82, 2.24) is 0 Å². The number of ether oxygens (including phenoxy) is 1. The standard InChI is InChI=1S/C7H6O3S.Na/c8-7(9)6-5(10-6)4-1-2-11-3-4;/h1-3,5-6H,(H,8,9);/q;+1/p-1/t5-,6-;/m1./s1. The van der Waals surface area contributed by atoms with Crippen LogP contribution in [0.4, 0.5) is 0 Å². The van der Waals surface area contributed by atoms with Crippen molar-refractivity contribution in [3.8, 4) is 0 Å². The van der Waals surface area contributed by atoms with Crippen LogP contribution >= 0.6 is 11.3 Å². The first-order valence-electron chi connectivity index (χ1n) is 3.17. The molecular weight excluding hydrogens is 187 g/mol. The number of thiophene rings is 1. The van der Waals surface area contributed by atoms with Gasteiger partial charge in [-0.2, -0.15) is 11.3 Å². The third kappa shape index (κ3) is 1.89. The number of epoxide rings is 1. The maximum absolute atomic E-state index is 10.2. The van der Waals surface area contributed by atoms with Gasteiger partial charge in [0.25, 0.3) is 0 Å². The summed E-state index contributed by atoms with van der Waals surface area (Å²) >= 11 is 1.53. The second kappa shape index (κ2) is 3.89. The summed E-state index contributed by atoms with van der Waals surface area (Å²) in [6.45, 7) is 0. The zero-order chi connectivity index (χ0) is 7.84. The largest absolute Gasteiger partial charge is 1.00 e. The first-order valence-corrected chi connectivity index (χ1v) is 4.12. The van der Waals surface area contributed by atoms with E-state index in [1.807, 2.05) is 16.8 Å². The van der Waals surface area contributed by atoms with Crippen molar-refractivity contribution in [3.05, 3.63) is 22.4 Å². The number of hydrogen-bond donors (Lipinski definition) is 0. The summed E-state index contributed by atoms with van der Waals surface area (Å²) in [5.41, 5.74) is 0.934. The van der Waals surface area contributed by atoms with E-state index in [1.54, 1.807) is 0 Å². The SMILES string of the molecule is O=C([O-])[C@@H]1O[C@@H]1c1ccsc1.[Na+]. The minimum absolute atomic E-state index is 0. The van der Waals surface area contributed by atoms with Gasteiger partial charge in [0.05, 0.1) is 5.97 Å². The first-order chi connectivity index (χ1) is 5.29. The van der Waals surface area contributed by atoms with Gasteiger partial charge in [0.2, 0.25) is 0 Å². The van der Waals surface area contributed by atoms with E-state index < -0.39 is 12.1 Å². The van der Waals surface area contributed by atoms with Gasteiger partial charge in [-0.25, -0.2) is 0 Å². The summed E-state index contributed by atoms with van der Waals surface area (Å²) in [5, 5.41) is 14.0. The van der Waals surface area contributed by atoms with Gasteiger partial charge < -0.3 is 14.6 Å². The molecule has 0 spiro atoms. The van der Waals surface area contributed by atoms with Crippen LogP contribution in [0.2, 0.25) is 0 Å². The summed E-state index contributed by atoms with van der Waals surface area (Å²) in [7, 11) is 0. The fourth-order valence-corrected chi connectivity index (χ4v) is 1.67. The van der Waals surface area contributed by atoms with Crippen molar-refractivity contribution in [2.45, 2.75) is 12.2 Å². The molecule has 2 atom stereocenters. The molecule has 0 aromatic carbocycles. The Bertz CT molecular complexity index is 272. The quantitative estimate of drug-likeness (QED) is 0.369. The summed E-state index contributed by atoms with van der Waals surface area (Å²) in [6, 6.07) is 1.86. The molecule has 1 aromatic rings. The van der Waals surface area contributed by atoms with E-state index in [0.29, 0.717) is 0 Å². The summed E-state index contributed by atoms with van der Waals surface area (Å²) < 4.78 is 4.87. The molecule has 2 rings (SSSR count). The predicted molar refractivity (Wildman–Crippen MR) is 36.9 cm³/mol. The predicted octanol–water partition coefficient (Wildman–Crippen LogP) is -3.06. The van der Waals surface area contributed by atoms with Crippen LogP contribution in [0.1, 0.15) is 11.7 Å². The molecule has 1 aliphatic heterocycles. The van der Waals surface area contributed by atoms with Crippen LogP contribution in [0.5, 0.6) is 0 Å². The minimum Gasteiger partial charge on any atom is -0.547 e. The van der Waals surface area contributed by atoms with E-state index in [-0.39, 0.29) is 35.7 Å². The van der Waals surface area contributed by atoms with Crippen molar-refractivity contribution in [2.75, 3.05) is 0 Å². The van der Waals surface area contributed by atoms with Crippen molar-refractivity contribution in [2.24, 2.45) is 0 Å². The van der Waals surface area contributed by atoms with Crippen LogP contribution in [0, 0.1) is 0 Å².